The fourth-order valence-corrected chi connectivity index (χ4v) is 2.59. The van der Waals surface area contributed by atoms with Crippen LogP contribution in [0.3, 0.4) is 0 Å². The summed E-state index contributed by atoms with van der Waals surface area (Å²) in [5.74, 6) is -2.27. The molecule has 1 atom stereocenters. The van der Waals surface area contributed by atoms with Crippen LogP contribution in [0, 0.1) is 5.82 Å². The zero-order valence-corrected chi connectivity index (χ0v) is 15.3. The number of hydrogen-bond acceptors (Lipinski definition) is 3. The minimum atomic E-state index is -1.11. The van der Waals surface area contributed by atoms with Gasteiger partial charge in [0.15, 0.2) is 6.10 Å². The molecule has 132 valence electrons. The molecule has 0 aromatic heterocycles. The molecule has 8 heteroatoms. The monoisotopic (exact) mass is 403 g/mol. The summed E-state index contributed by atoms with van der Waals surface area (Å²) in [6.07, 6.45) is -1.11. The average Bonchev–Trinajstić information content (AvgIpc) is 2.56. The zero-order valence-electron chi connectivity index (χ0n) is 13.0. The summed E-state index contributed by atoms with van der Waals surface area (Å²) in [5.41, 5.74) is 0.508. The van der Waals surface area contributed by atoms with Gasteiger partial charge in [0.2, 0.25) is 0 Å². The lowest BCUT2D eigenvalue weighted by Gasteiger charge is -2.14. The Morgan fingerprint density at radius 1 is 1.12 bits per heavy atom. The molecule has 0 saturated carbocycles. The van der Waals surface area contributed by atoms with E-state index in [0.29, 0.717) is 5.02 Å². The maximum absolute atomic E-state index is 13.5. The minimum Gasteiger partial charge on any atom is -0.449 e. The van der Waals surface area contributed by atoms with Crippen LogP contribution in [-0.2, 0) is 16.1 Å². The third-order valence-electron chi connectivity index (χ3n) is 3.29. The lowest BCUT2D eigenvalue weighted by Crippen LogP contribution is -2.35. The van der Waals surface area contributed by atoms with E-state index < -0.39 is 23.8 Å². The van der Waals surface area contributed by atoms with Gasteiger partial charge in [0.1, 0.15) is 5.82 Å². The van der Waals surface area contributed by atoms with Crippen molar-refractivity contribution < 1.29 is 18.7 Å². The number of carbonyl (C=O) groups excluding carboxylic acids is 2. The highest BCUT2D eigenvalue weighted by Crippen LogP contribution is 2.25. The van der Waals surface area contributed by atoms with E-state index >= 15 is 0 Å². The number of hydrogen-bond donors (Lipinski definition) is 1. The van der Waals surface area contributed by atoms with Gasteiger partial charge in [0.25, 0.3) is 5.91 Å². The molecule has 0 aliphatic carbocycles. The smallest absolute Gasteiger partial charge is 0.340 e. The lowest BCUT2D eigenvalue weighted by atomic mass is 10.2. The topological polar surface area (TPSA) is 55.4 Å². The van der Waals surface area contributed by atoms with Gasteiger partial charge in [-0.05, 0) is 30.7 Å². The molecule has 1 N–H and O–H groups in total. The molecule has 2 aromatic carbocycles. The number of esters is 1. The summed E-state index contributed by atoms with van der Waals surface area (Å²) >= 11 is 17.4. The highest BCUT2D eigenvalue weighted by atomic mass is 35.5. The Kier molecular flexibility index (Phi) is 6.64. The summed E-state index contributed by atoms with van der Waals surface area (Å²) in [6.45, 7) is 1.57. The molecule has 0 unspecified atom stereocenters. The van der Waals surface area contributed by atoms with E-state index in [4.69, 9.17) is 39.5 Å². The number of halogens is 4. The molecule has 2 aromatic rings. The number of benzene rings is 2. The van der Waals surface area contributed by atoms with Crippen molar-refractivity contribution in [3.05, 3.63) is 68.4 Å². The minimum absolute atomic E-state index is 0.0694. The van der Waals surface area contributed by atoms with Crippen molar-refractivity contribution in [3.8, 4) is 0 Å². The summed E-state index contributed by atoms with van der Waals surface area (Å²) in [5, 5.41) is 2.83. The molecule has 2 rings (SSSR count). The van der Waals surface area contributed by atoms with Crippen LogP contribution in [0.15, 0.2) is 36.4 Å². The molecule has 25 heavy (non-hydrogen) atoms. The second kappa shape index (κ2) is 8.52. The maximum atomic E-state index is 13.5. The average molecular weight is 405 g/mol. The van der Waals surface area contributed by atoms with Gasteiger partial charge in [-0.3, -0.25) is 4.79 Å². The van der Waals surface area contributed by atoms with Crippen LogP contribution in [0.5, 0.6) is 0 Å². The molecule has 0 aliphatic heterocycles. The third kappa shape index (κ3) is 5.08. The van der Waals surface area contributed by atoms with E-state index in [1.807, 2.05) is 0 Å². The van der Waals surface area contributed by atoms with Crippen LogP contribution >= 0.6 is 34.8 Å². The van der Waals surface area contributed by atoms with Gasteiger partial charge in [0, 0.05) is 11.6 Å². The Morgan fingerprint density at radius 2 is 1.80 bits per heavy atom. The summed E-state index contributed by atoms with van der Waals surface area (Å²) in [6, 6.07) is 8.97. The highest BCUT2D eigenvalue weighted by Gasteiger charge is 2.22. The van der Waals surface area contributed by atoms with Crippen LogP contribution in [0.1, 0.15) is 22.8 Å². The number of carbonyl (C=O) groups is 2. The fourth-order valence-electron chi connectivity index (χ4n) is 1.92. The van der Waals surface area contributed by atoms with Crippen LogP contribution in [0.25, 0.3) is 0 Å². The van der Waals surface area contributed by atoms with Crippen LogP contribution in [0.2, 0.25) is 15.1 Å². The Balaban J connectivity index is 1.98. The molecular formula is C17H13Cl3FNO3. The lowest BCUT2D eigenvalue weighted by molar-refractivity contribution is -0.129. The maximum Gasteiger partial charge on any atom is 0.340 e. The molecule has 0 saturated heterocycles. The largest absolute Gasteiger partial charge is 0.449 e. The first-order valence-corrected chi connectivity index (χ1v) is 8.29. The second-order valence-electron chi connectivity index (χ2n) is 5.10. The van der Waals surface area contributed by atoms with Gasteiger partial charge in [-0.2, -0.15) is 0 Å². The van der Waals surface area contributed by atoms with Crippen molar-refractivity contribution in [2.75, 3.05) is 0 Å². The van der Waals surface area contributed by atoms with Crippen molar-refractivity contribution in [1.82, 2.24) is 5.32 Å². The molecule has 0 bridgehead atoms. The van der Waals surface area contributed by atoms with Gasteiger partial charge in [-0.25, -0.2) is 9.18 Å². The van der Waals surface area contributed by atoms with E-state index in [2.05, 4.69) is 5.32 Å². The van der Waals surface area contributed by atoms with E-state index in [1.54, 1.807) is 24.3 Å². The van der Waals surface area contributed by atoms with Crippen molar-refractivity contribution >= 4 is 46.7 Å². The third-order valence-corrected chi connectivity index (χ3v) is 4.26. The van der Waals surface area contributed by atoms with Gasteiger partial charge in [0.05, 0.1) is 15.6 Å². The van der Waals surface area contributed by atoms with E-state index in [9.17, 15) is 14.0 Å². The zero-order chi connectivity index (χ0) is 18.6. The first-order chi connectivity index (χ1) is 11.8. The normalized spacial score (nSPS) is 11.7. The quantitative estimate of drug-likeness (QED) is 0.583. The summed E-state index contributed by atoms with van der Waals surface area (Å²) < 4.78 is 18.5. The van der Waals surface area contributed by atoms with Crippen molar-refractivity contribution in [2.45, 2.75) is 19.6 Å². The van der Waals surface area contributed by atoms with Crippen molar-refractivity contribution in [3.63, 3.8) is 0 Å². The predicted molar refractivity (Wildman–Crippen MR) is 94.6 cm³/mol. The fraction of sp³-hybridized carbons (Fsp3) is 0.176. The van der Waals surface area contributed by atoms with Crippen LogP contribution in [-0.4, -0.2) is 18.0 Å². The summed E-state index contributed by atoms with van der Waals surface area (Å²) in [7, 11) is 0. The first-order valence-electron chi connectivity index (χ1n) is 7.16. The summed E-state index contributed by atoms with van der Waals surface area (Å²) in [4.78, 5) is 24.1. The SMILES string of the molecule is C[C@H](OC(=O)c1cc(F)c(Cl)cc1Cl)C(=O)NCc1ccccc1Cl. The van der Waals surface area contributed by atoms with Gasteiger partial charge < -0.3 is 10.1 Å². The Hall–Kier alpha value is -1.82. The molecule has 0 aliphatic rings. The van der Waals surface area contributed by atoms with Gasteiger partial charge in [-0.15, -0.1) is 0 Å². The Morgan fingerprint density at radius 3 is 2.48 bits per heavy atom. The molecular weight excluding hydrogens is 392 g/mol. The van der Waals surface area contributed by atoms with Crippen LogP contribution < -0.4 is 5.32 Å². The van der Waals surface area contributed by atoms with Gasteiger partial charge in [-0.1, -0.05) is 53.0 Å². The molecule has 4 nitrogen and oxygen atoms in total. The molecule has 0 spiro atoms. The second-order valence-corrected chi connectivity index (χ2v) is 6.32. The van der Waals surface area contributed by atoms with Crippen LogP contribution in [0.4, 0.5) is 4.39 Å². The highest BCUT2D eigenvalue weighted by molar-refractivity contribution is 6.36. The molecule has 0 radical (unpaired) electrons. The number of rotatable bonds is 5. The van der Waals surface area contributed by atoms with Gasteiger partial charge >= 0.3 is 5.97 Å². The van der Waals surface area contributed by atoms with Crippen molar-refractivity contribution in [1.29, 1.82) is 0 Å². The van der Waals surface area contributed by atoms with E-state index in [-0.39, 0.29) is 22.2 Å². The molecule has 1 amide bonds. The van der Waals surface area contributed by atoms with E-state index in [0.717, 1.165) is 17.7 Å². The number of nitrogens with one attached hydrogen (secondary N) is 1. The van der Waals surface area contributed by atoms with Crippen molar-refractivity contribution in [2.24, 2.45) is 0 Å². The standard InChI is InChI=1S/C17H13Cl3FNO3/c1-9(16(23)22-8-10-4-2-3-5-12(10)18)25-17(24)11-6-15(21)14(20)7-13(11)19/h2-7,9H,8H2,1H3,(H,22,23)/t9-/m0/s1. The molecule has 0 heterocycles. The first kappa shape index (κ1) is 19.5. The Bertz CT molecular complexity index is 814. The number of ether oxygens (including phenoxy) is 1. The Labute approximate surface area is 158 Å². The number of amides is 1. The van der Waals surface area contributed by atoms with E-state index in [1.165, 1.54) is 6.92 Å². The predicted octanol–water partition coefficient (Wildman–Crippen LogP) is 4.65. The molecule has 0 fully saturated rings.